The van der Waals surface area contributed by atoms with Gasteiger partial charge in [-0.3, -0.25) is 4.79 Å². The van der Waals surface area contributed by atoms with Gasteiger partial charge in [-0.05, 0) is 44.3 Å². The Morgan fingerprint density at radius 1 is 1.41 bits per heavy atom. The lowest BCUT2D eigenvalue weighted by Crippen LogP contribution is -2.37. The summed E-state index contributed by atoms with van der Waals surface area (Å²) in [6.45, 7) is 6.46. The third kappa shape index (κ3) is 4.72. The van der Waals surface area contributed by atoms with Crippen LogP contribution < -0.4 is 4.74 Å². The number of carbonyl (C=O) groups excluding carboxylic acids is 1. The maximum absolute atomic E-state index is 12.3. The smallest absolute Gasteiger partial charge is 0.246 e. The van der Waals surface area contributed by atoms with Gasteiger partial charge in [0.15, 0.2) is 0 Å². The quantitative estimate of drug-likeness (QED) is 0.506. The Bertz CT molecular complexity index is 818. The van der Waals surface area contributed by atoms with Crippen molar-refractivity contribution in [2.24, 2.45) is 0 Å². The van der Waals surface area contributed by atoms with Crippen molar-refractivity contribution in [1.82, 2.24) is 9.80 Å². The fourth-order valence-corrected chi connectivity index (χ4v) is 4.77. The number of hydrogen-bond acceptors (Lipinski definition) is 4. The number of halogens is 1. The minimum atomic E-state index is -0.0560. The number of rotatable bonds is 7. The van der Waals surface area contributed by atoms with Crippen molar-refractivity contribution < 1.29 is 9.53 Å². The normalized spacial score (nSPS) is 16.3. The highest BCUT2D eigenvalue weighted by Crippen LogP contribution is 2.42. The Morgan fingerprint density at radius 2 is 2.19 bits per heavy atom. The van der Waals surface area contributed by atoms with Crippen LogP contribution in [-0.4, -0.2) is 49.5 Å². The van der Waals surface area contributed by atoms with Gasteiger partial charge in [0.2, 0.25) is 5.91 Å². The summed E-state index contributed by atoms with van der Waals surface area (Å²) in [6.07, 6.45) is 2.34. The van der Waals surface area contributed by atoms with Gasteiger partial charge < -0.3 is 14.5 Å². The standard InChI is InChI=1S/C21H25ClN2O2S/c1-4-21(25)24-13-17(16-12-20(22)27-19(16)14-24)15-8-5-6-9-18(15)26-11-7-10-23(2)3/h4-6,8-9,12,17H,1,7,10-11,13-14H2,2-3H3/t17-/m0/s1. The molecule has 0 saturated carbocycles. The maximum atomic E-state index is 12.3. The van der Waals surface area contributed by atoms with Crippen LogP contribution in [0, 0.1) is 0 Å². The molecular formula is C21H25ClN2O2S. The minimum Gasteiger partial charge on any atom is -0.493 e. The van der Waals surface area contributed by atoms with Crippen molar-refractivity contribution in [3.8, 4) is 5.75 Å². The third-order valence-corrected chi connectivity index (χ3v) is 5.98. The lowest BCUT2D eigenvalue weighted by Gasteiger charge is -2.33. The van der Waals surface area contributed by atoms with Crippen molar-refractivity contribution >= 4 is 28.8 Å². The van der Waals surface area contributed by atoms with E-state index in [-0.39, 0.29) is 11.8 Å². The molecular weight excluding hydrogens is 380 g/mol. The summed E-state index contributed by atoms with van der Waals surface area (Å²) in [5.74, 6) is 0.869. The molecule has 6 heteroatoms. The summed E-state index contributed by atoms with van der Waals surface area (Å²) < 4.78 is 6.86. The Kier molecular flexibility index (Phi) is 6.58. The highest BCUT2D eigenvalue weighted by molar-refractivity contribution is 7.16. The van der Waals surface area contributed by atoms with Crippen LogP contribution in [0.5, 0.6) is 5.75 Å². The lowest BCUT2D eigenvalue weighted by molar-refractivity contribution is -0.127. The van der Waals surface area contributed by atoms with Gasteiger partial charge in [0.05, 0.1) is 17.5 Å². The van der Waals surface area contributed by atoms with Crippen LogP contribution in [-0.2, 0) is 11.3 Å². The molecule has 4 nitrogen and oxygen atoms in total. The van der Waals surface area contributed by atoms with Gasteiger partial charge in [-0.1, -0.05) is 36.4 Å². The predicted octanol–water partition coefficient (Wildman–Crippen LogP) is 4.39. The van der Waals surface area contributed by atoms with Gasteiger partial charge in [0, 0.05) is 29.4 Å². The summed E-state index contributed by atoms with van der Waals surface area (Å²) in [5.41, 5.74) is 2.29. The summed E-state index contributed by atoms with van der Waals surface area (Å²) in [6, 6.07) is 10.1. The zero-order valence-electron chi connectivity index (χ0n) is 15.8. The van der Waals surface area contributed by atoms with Crippen molar-refractivity contribution in [1.29, 1.82) is 0 Å². The number of hydrogen-bond donors (Lipinski definition) is 0. The number of ether oxygens (including phenoxy) is 1. The van der Waals surface area contributed by atoms with Crippen LogP contribution in [0.4, 0.5) is 0 Å². The Hall–Kier alpha value is -1.82. The molecule has 27 heavy (non-hydrogen) atoms. The molecule has 1 atom stereocenters. The van der Waals surface area contributed by atoms with Crippen LogP contribution in [0.3, 0.4) is 0 Å². The van der Waals surface area contributed by atoms with E-state index in [1.807, 2.05) is 29.2 Å². The van der Waals surface area contributed by atoms with E-state index >= 15 is 0 Å². The van der Waals surface area contributed by atoms with Crippen LogP contribution in [0.2, 0.25) is 4.34 Å². The van der Waals surface area contributed by atoms with Crippen molar-refractivity contribution in [3.05, 3.63) is 63.3 Å². The number of amides is 1. The molecule has 0 N–H and O–H groups in total. The molecule has 0 radical (unpaired) electrons. The molecule has 2 heterocycles. The number of benzene rings is 1. The van der Waals surface area contributed by atoms with E-state index in [1.54, 1.807) is 11.3 Å². The second-order valence-electron chi connectivity index (χ2n) is 6.95. The first-order valence-electron chi connectivity index (χ1n) is 9.05. The highest BCUT2D eigenvalue weighted by atomic mass is 35.5. The zero-order valence-corrected chi connectivity index (χ0v) is 17.4. The second-order valence-corrected chi connectivity index (χ2v) is 8.72. The van der Waals surface area contributed by atoms with E-state index in [0.717, 1.165) is 33.5 Å². The van der Waals surface area contributed by atoms with E-state index in [1.165, 1.54) is 11.6 Å². The summed E-state index contributed by atoms with van der Waals surface area (Å²) in [4.78, 5) is 17.4. The summed E-state index contributed by atoms with van der Waals surface area (Å²) >= 11 is 7.84. The van der Waals surface area contributed by atoms with Gasteiger partial charge >= 0.3 is 0 Å². The van der Waals surface area contributed by atoms with Crippen molar-refractivity contribution in [2.75, 3.05) is 33.8 Å². The number of thiophene rings is 1. The molecule has 1 amide bonds. The van der Waals surface area contributed by atoms with E-state index in [2.05, 4.69) is 31.6 Å². The van der Waals surface area contributed by atoms with Gasteiger partial charge in [0.1, 0.15) is 5.75 Å². The van der Waals surface area contributed by atoms with Gasteiger partial charge in [-0.25, -0.2) is 0 Å². The molecule has 144 valence electrons. The molecule has 1 aliphatic heterocycles. The van der Waals surface area contributed by atoms with E-state index in [9.17, 15) is 4.79 Å². The van der Waals surface area contributed by atoms with Crippen molar-refractivity contribution in [2.45, 2.75) is 18.9 Å². The minimum absolute atomic E-state index is 0.0476. The van der Waals surface area contributed by atoms with E-state index < -0.39 is 0 Å². The zero-order chi connectivity index (χ0) is 19.4. The number of carbonyl (C=O) groups is 1. The average molecular weight is 405 g/mol. The topological polar surface area (TPSA) is 32.8 Å². The van der Waals surface area contributed by atoms with E-state index in [4.69, 9.17) is 16.3 Å². The molecule has 0 aliphatic carbocycles. The molecule has 2 aromatic rings. The predicted molar refractivity (Wildman–Crippen MR) is 112 cm³/mol. The highest BCUT2D eigenvalue weighted by Gasteiger charge is 2.31. The van der Waals surface area contributed by atoms with E-state index in [0.29, 0.717) is 19.7 Å². The first kappa shape index (κ1) is 19.9. The molecule has 1 aromatic heterocycles. The maximum Gasteiger partial charge on any atom is 0.246 e. The molecule has 0 bridgehead atoms. The number of fused-ring (bicyclic) bond motifs is 1. The molecule has 1 aliphatic rings. The number of para-hydroxylation sites is 1. The molecule has 3 rings (SSSR count). The van der Waals surface area contributed by atoms with Gasteiger partial charge in [0.25, 0.3) is 0 Å². The fourth-order valence-electron chi connectivity index (χ4n) is 3.41. The molecule has 1 aromatic carbocycles. The number of nitrogens with zero attached hydrogens (tertiary/aromatic N) is 2. The Balaban J connectivity index is 1.88. The second kappa shape index (κ2) is 8.91. The SMILES string of the molecule is C=CC(=O)N1Cc2sc(Cl)cc2[C@H](c2ccccc2OCCCN(C)C)C1. The molecule has 0 saturated heterocycles. The average Bonchev–Trinajstić information content (AvgIpc) is 3.04. The first-order valence-corrected chi connectivity index (χ1v) is 10.2. The van der Waals surface area contributed by atoms with Crippen LogP contribution in [0.25, 0.3) is 0 Å². The van der Waals surface area contributed by atoms with Gasteiger partial charge in [-0.15, -0.1) is 11.3 Å². The Morgan fingerprint density at radius 3 is 2.93 bits per heavy atom. The summed E-state index contributed by atoms with van der Waals surface area (Å²) in [5, 5.41) is 0. The fraction of sp³-hybridized carbons (Fsp3) is 0.381. The largest absolute Gasteiger partial charge is 0.493 e. The van der Waals surface area contributed by atoms with Gasteiger partial charge in [-0.2, -0.15) is 0 Å². The Labute approximate surface area is 170 Å². The third-order valence-electron chi connectivity index (χ3n) is 4.71. The van der Waals surface area contributed by atoms with Crippen LogP contribution >= 0.6 is 22.9 Å². The molecule has 0 fully saturated rings. The molecule has 0 spiro atoms. The van der Waals surface area contributed by atoms with Crippen LogP contribution in [0.15, 0.2) is 43.0 Å². The van der Waals surface area contributed by atoms with Crippen molar-refractivity contribution in [3.63, 3.8) is 0 Å². The lowest BCUT2D eigenvalue weighted by atomic mass is 9.88. The summed E-state index contributed by atoms with van der Waals surface area (Å²) in [7, 11) is 4.12. The monoisotopic (exact) mass is 404 g/mol. The first-order chi connectivity index (χ1) is 13.0. The molecule has 0 unspecified atom stereocenters. The van der Waals surface area contributed by atoms with Crippen LogP contribution in [0.1, 0.15) is 28.3 Å².